The van der Waals surface area contributed by atoms with Crippen LogP contribution in [0.3, 0.4) is 0 Å². The van der Waals surface area contributed by atoms with E-state index >= 15 is 0 Å². The van der Waals surface area contributed by atoms with Crippen LogP contribution in [-0.2, 0) is 16.6 Å². The number of hydrogen-bond acceptors (Lipinski definition) is 4. The van der Waals surface area contributed by atoms with Gasteiger partial charge in [-0.05, 0) is 66.6 Å². The number of benzene rings is 4. The average Bonchev–Trinajstić information content (AvgIpc) is 2.93. The van der Waals surface area contributed by atoms with Gasteiger partial charge in [-0.1, -0.05) is 54.6 Å². The lowest BCUT2D eigenvalue weighted by Crippen LogP contribution is -2.29. The van der Waals surface area contributed by atoms with Gasteiger partial charge in [0.25, 0.3) is 11.8 Å². The van der Waals surface area contributed by atoms with Crippen LogP contribution in [0.5, 0.6) is 0 Å². The zero-order valence-corrected chi connectivity index (χ0v) is 22.3. The van der Waals surface area contributed by atoms with Crippen LogP contribution in [0.1, 0.15) is 44.8 Å². The van der Waals surface area contributed by atoms with Crippen LogP contribution in [0.25, 0.3) is 0 Å². The Kier molecular flexibility index (Phi) is 8.41. The van der Waals surface area contributed by atoms with Gasteiger partial charge in [-0.15, -0.1) is 0 Å². The van der Waals surface area contributed by atoms with Crippen LogP contribution in [0.4, 0.5) is 15.8 Å². The fourth-order valence-electron chi connectivity index (χ4n) is 4.02. The quantitative estimate of drug-likeness (QED) is 0.289. The zero-order chi connectivity index (χ0) is 28.0. The van der Waals surface area contributed by atoms with Crippen LogP contribution >= 0.6 is 0 Å². The summed E-state index contributed by atoms with van der Waals surface area (Å²) in [5.41, 5.74) is 2.86. The average molecular weight is 546 g/mol. The van der Waals surface area contributed by atoms with Crippen LogP contribution < -0.4 is 14.9 Å². The van der Waals surface area contributed by atoms with E-state index in [4.69, 9.17) is 0 Å². The lowest BCUT2D eigenvalue weighted by atomic mass is 10.1. The minimum Gasteiger partial charge on any atom is -0.345 e. The molecule has 39 heavy (non-hydrogen) atoms. The molecule has 0 aliphatic rings. The molecule has 0 saturated heterocycles. The molecule has 0 bridgehead atoms. The number of carbonyl (C=O) groups excluding carboxylic acids is 2. The van der Waals surface area contributed by atoms with Crippen molar-refractivity contribution in [2.75, 3.05) is 15.9 Å². The molecule has 7 nitrogen and oxygen atoms in total. The monoisotopic (exact) mass is 545 g/mol. The summed E-state index contributed by atoms with van der Waals surface area (Å²) >= 11 is 0. The first-order valence-electron chi connectivity index (χ1n) is 12.2. The number of rotatable bonds is 9. The Morgan fingerprint density at radius 1 is 0.821 bits per heavy atom. The first kappa shape index (κ1) is 27.5. The number of nitrogens with zero attached hydrogens (tertiary/aromatic N) is 1. The minimum absolute atomic E-state index is 0.00848. The van der Waals surface area contributed by atoms with E-state index in [2.05, 4.69) is 10.6 Å². The third-order valence-electron chi connectivity index (χ3n) is 6.12. The van der Waals surface area contributed by atoms with E-state index in [9.17, 15) is 22.4 Å². The molecule has 0 aliphatic carbocycles. The number of halogens is 1. The molecule has 200 valence electrons. The van der Waals surface area contributed by atoms with Gasteiger partial charge in [0.15, 0.2) is 0 Å². The Hall–Kier alpha value is -4.50. The van der Waals surface area contributed by atoms with E-state index in [0.29, 0.717) is 22.5 Å². The molecule has 2 N–H and O–H groups in total. The molecule has 9 heteroatoms. The Bertz CT molecular complexity index is 1560. The first-order valence-corrected chi connectivity index (χ1v) is 14.0. The van der Waals surface area contributed by atoms with Gasteiger partial charge in [0.2, 0.25) is 10.0 Å². The second kappa shape index (κ2) is 11.9. The molecule has 0 aliphatic heterocycles. The van der Waals surface area contributed by atoms with Crippen molar-refractivity contribution in [1.82, 2.24) is 5.32 Å². The highest BCUT2D eigenvalue weighted by molar-refractivity contribution is 7.92. The second-order valence-electron chi connectivity index (χ2n) is 9.05. The number of carbonyl (C=O) groups is 2. The zero-order valence-electron chi connectivity index (χ0n) is 21.5. The molecular weight excluding hydrogens is 517 g/mol. The maximum Gasteiger partial charge on any atom is 0.255 e. The summed E-state index contributed by atoms with van der Waals surface area (Å²) in [6.07, 6.45) is 1.08. The summed E-state index contributed by atoms with van der Waals surface area (Å²) in [5.74, 6) is -1.20. The normalized spacial score (nSPS) is 11.9. The third kappa shape index (κ3) is 7.08. The summed E-state index contributed by atoms with van der Waals surface area (Å²) in [5, 5.41) is 5.73. The Morgan fingerprint density at radius 2 is 1.44 bits per heavy atom. The molecule has 1 atom stereocenters. The molecule has 0 saturated carbocycles. The summed E-state index contributed by atoms with van der Waals surface area (Å²) in [6.45, 7) is 1.89. The molecule has 0 spiro atoms. The van der Waals surface area contributed by atoms with Crippen LogP contribution in [-0.4, -0.2) is 26.5 Å². The van der Waals surface area contributed by atoms with E-state index in [0.717, 1.165) is 11.8 Å². The molecule has 4 aromatic rings. The molecule has 4 rings (SSSR count). The van der Waals surface area contributed by atoms with Gasteiger partial charge in [-0.3, -0.25) is 13.9 Å². The van der Waals surface area contributed by atoms with E-state index in [-0.39, 0.29) is 24.1 Å². The lowest BCUT2D eigenvalue weighted by Gasteiger charge is -2.23. The highest BCUT2D eigenvalue weighted by atomic mass is 32.2. The van der Waals surface area contributed by atoms with Crippen LogP contribution in [0.15, 0.2) is 103 Å². The fourth-order valence-corrected chi connectivity index (χ4v) is 4.91. The van der Waals surface area contributed by atoms with Crippen LogP contribution in [0, 0.1) is 5.82 Å². The molecule has 0 heterocycles. The first-order chi connectivity index (χ1) is 18.6. The van der Waals surface area contributed by atoms with Gasteiger partial charge in [-0.2, -0.15) is 0 Å². The number of nitrogens with one attached hydrogen (secondary N) is 2. The van der Waals surface area contributed by atoms with Gasteiger partial charge >= 0.3 is 0 Å². The maximum absolute atomic E-state index is 13.3. The van der Waals surface area contributed by atoms with E-state index in [1.165, 1.54) is 52.8 Å². The topological polar surface area (TPSA) is 95.6 Å². The summed E-state index contributed by atoms with van der Waals surface area (Å²) < 4.78 is 39.4. The summed E-state index contributed by atoms with van der Waals surface area (Å²) in [7, 11) is -3.66. The third-order valence-corrected chi connectivity index (χ3v) is 7.26. The number of amides is 2. The number of anilines is 2. The number of sulfonamides is 1. The fraction of sp³-hybridized carbons (Fsp3) is 0.133. The van der Waals surface area contributed by atoms with Gasteiger partial charge in [0, 0.05) is 5.56 Å². The van der Waals surface area contributed by atoms with E-state index in [1.807, 2.05) is 37.3 Å². The number of hydrogen-bond donors (Lipinski definition) is 2. The Morgan fingerprint density at radius 3 is 2.08 bits per heavy atom. The molecule has 0 aromatic heterocycles. The van der Waals surface area contributed by atoms with Gasteiger partial charge < -0.3 is 10.6 Å². The van der Waals surface area contributed by atoms with Gasteiger partial charge in [0.05, 0.1) is 35.8 Å². The smallest absolute Gasteiger partial charge is 0.255 e. The van der Waals surface area contributed by atoms with Crippen molar-refractivity contribution in [2.45, 2.75) is 19.5 Å². The Balaban J connectivity index is 1.49. The van der Waals surface area contributed by atoms with Crippen molar-refractivity contribution in [3.63, 3.8) is 0 Å². The highest BCUT2D eigenvalue weighted by Crippen LogP contribution is 2.23. The number of para-hydroxylation sites is 1. The van der Waals surface area contributed by atoms with Crippen LogP contribution in [0.2, 0.25) is 0 Å². The lowest BCUT2D eigenvalue weighted by molar-refractivity contribution is 0.0940. The van der Waals surface area contributed by atoms with Crippen molar-refractivity contribution in [2.24, 2.45) is 0 Å². The minimum atomic E-state index is -3.66. The van der Waals surface area contributed by atoms with Gasteiger partial charge in [-0.25, -0.2) is 12.8 Å². The second-order valence-corrected chi connectivity index (χ2v) is 11.0. The highest BCUT2D eigenvalue weighted by Gasteiger charge is 2.20. The van der Waals surface area contributed by atoms with Crippen molar-refractivity contribution >= 4 is 33.2 Å². The van der Waals surface area contributed by atoms with Crippen molar-refractivity contribution in [3.05, 3.63) is 131 Å². The molecular formula is C30H28FN3O4S. The van der Waals surface area contributed by atoms with E-state index < -0.39 is 21.7 Å². The Labute approximate surface area is 227 Å². The van der Waals surface area contributed by atoms with Crippen molar-refractivity contribution in [1.29, 1.82) is 0 Å². The standard InChI is InChI=1S/C30H28FN3O4S/c1-21(23-8-4-3-5-9-23)32-30(36)27-10-6-7-11-28(27)33-29(35)24-14-18-26(19-15-24)34(39(2,37)38)20-22-12-16-25(31)17-13-22/h3-19,21H,20H2,1-2H3,(H,32,36)(H,33,35)/t21-/m0/s1. The molecule has 0 fully saturated rings. The van der Waals surface area contributed by atoms with Gasteiger partial charge in [0.1, 0.15) is 5.82 Å². The van der Waals surface area contributed by atoms with Crippen molar-refractivity contribution < 1.29 is 22.4 Å². The largest absolute Gasteiger partial charge is 0.345 e. The predicted octanol–water partition coefficient (Wildman–Crippen LogP) is 5.54. The van der Waals surface area contributed by atoms with Crippen molar-refractivity contribution in [3.8, 4) is 0 Å². The summed E-state index contributed by atoms with van der Waals surface area (Å²) in [4.78, 5) is 26.0. The SMILES string of the molecule is C[C@H](NC(=O)c1ccccc1NC(=O)c1ccc(N(Cc2ccc(F)cc2)S(C)(=O)=O)cc1)c1ccccc1. The molecule has 2 amide bonds. The molecule has 0 unspecified atom stereocenters. The maximum atomic E-state index is 13.3. The molecule has 0 radical (unpaired) electrons. The molecule has 4 aromatic carbocycles. The summed E-state index contributed by atoms with van der Waals surface area (Å²) in [6, 6.07) is 27.7. The predicted molar refractivity (Wildman–Crippen MR) is 151 cm³/mol. The van der Waals surface area contributed by atoms with E-state index in [1.54, 1.807) is 24.3 Å².